The number of hydrogen-bond acceptors (Lipinski definition) is 6. The fraction of sp³-hybridized carbons (Fsp3) is 0.692. The summed E-state index contributed by atoms with van der Waals surface area (Å²) >= 11 is 0. The summed E-state index contributed by atoms with van der Waals surface area (Å²) in [6.45, 7) is 4.70. The molecule has 4 atom stereocenters. The molecule has 2 aliphatic rings. The first-order valence-electron chi connectivity index (χ1n) is 6.78. The number of aliphatic hydroxyl groups is 2. The lowest BCUT2D eigenvalue weighted by molar-refractivity contribution is -0.236. The molecule has 116 valence electrons. The summed E-state index contributed by atoms with van der Waals surface area (Å²) in [6, 6.07) is 0. The Balaban J connectivity index is 2.06. The fourth-order valence-electron chi connectivity index (χ4n) is 2.97. The number of fused-ring (bicyclic) bond motifs is 1. The second kappa shape index (κ2) is 4.26. The molecule has 3 N–H and O–H groups in total. The second-order valence-corrected chi connectivity index (χ2v) is 5.92. The van der Waals surface area contributed by atoms with Crippen LogP contribution < -0.4 is 11.2 Å². The maximum atomic E-state index is 11.9. The SMILES string of the molecule is Cc1cn([C@@H]2O[C@@](CO)(C(C)C)[C@]3(O)O[C@@H]23)c(=O)[nH]c1=O. The highest BCUT2D eigenvalue weighted by atomic mass is 16.8. The molecule has 2 saturated heterocycles. The van der Waals surface area contributed by atoms with Crippen molar-refractivity contribution < 1.29 is 19.7 Å². The first-order chi connectivity index (χ1) is 9.76. The van der Waals surface area contributed by atoms with E-state index >= 15 is 0 Å². The first kappa shape index (κ1) is 14.5. The van der Waals surface area contributed by atoms with Gasteiger partial charge in [-0.05, 0) is 12.8 Å². The molecule has 3 rings (SSSR count). The van der Waals surface area contributed by atoms with Crippen molar-refractivity contribution >= 4 is 0 Å². The van der Waals surface area contributed by atoms with Crippen molar-refractivity contribution in [2.75, 3.05) is 6.61 Å². The van der Waals surface area contributed by atoms with E-state index in [0.717, 1.165) is 0 Å². The molecule has 0 amide bonds. The summed E-state index contributed by atoms with van der Waals surface area (Å²) in [5.74, 6) is -1.86. The molecule has 0 aliphatic carbocycles. The number of aliphatic hydroxyl groups excluding tert-OH is 1. The van der Waals surface area contributed by atoms with Crippen LogP contribution in [0.1, 0.15) is 25.6 Å². The van der Waals surface area contributed by atoms with Crippen molar-refractivity contribution in [1.82, 2.24) is 9.55 Å². The number of ether oxygens (including phenoxy) is 2. The monoisotopic (exact) mass is 298 g/mol. The van der Waals surface area contributed by atoms with Crippen LogP contribution in [0.2, 0.25) is 0 Å². The normalized spacial score (nSPS) is 37.8. The van der Waals surface area contributed by atoms with Gasteiger partial charge < -0.3 is 19.7 Å². The van der Waals surface area contributed by atoms with Gasteiger partial charge in [0.05, 0.1) is 6.61 Å². The molecule has 2 aliphatic heterocycles. The average molecular weight is 298 g/mol. The molecule has 3 heterocycles. The van der Waals surface area contributed by atoms with Crippen molar-refractivity contribution in [3.8, 4) is 0 Å². The largest absolute Gasteiger partial charge is 0.393 e. The Morgan fingerprint density at radius 1 is 1.43 bits per heavy atom. The Labute approximate surface area is 119 Å². The quantitative estimate of drug-likeness (QED) is 0.607. The predicted molar refractivity (Wildman–Crippen MR) is 70.7 cm³/mol. The molecule has 0 aromatic carbocycles. The van der Waals surface area contributed by atoms with Gasteiger partial charge in [-0.2, -0.15) is 0 Å². The van der Waals surface area contributed by atoms with Crippen LogP contribution in [0.15, 0.2) is 15.8 Å². The molecule has 8 heteroatoms. The van der Waals surface area contributed by atoms with Crippen LogP contribution in [-0.2, 0) is 9.47 Å². The zero-order valence-corrected chi connectivity index (χ0v) is 12.0. The zero-order valence-electron chi connectivity index (χ0n) is 12.0. The fourth-order valence-corrected chi connectivity index (χ4v) is 2.97. The van der Waals surface area contributed by atoms with Crippen LogP contribution >= 0.6 is 0 Å². The van der Waals surface area contributed by atoms with Gasteiger partial charge in [0.2, 0.25) is 5.79 Å². The van der Waals surface area contributed by atoms with E-state index in [4.69, 9.17) is 9.47 Å². The molecule has 21 heavy (non-hydrogen) atoms. The number of epoxide rings is 1. The Morgan fingerprint density at radius 3 is 2.62 bits per heavy atom. The highest BCUT2D eigenvalue weighted by Crippen LogP contribution is 2.60. The molecule has 0 spiro atoms. The number of nitrogens with zero attached hydrogens (tertiary/aromatic N) is 1. The third-order valence-electron chi connectivity index (χ3n) is 4.42. The van der Waals surface area contributed by atoms with E-state index in [9.17, 15) is 19.8 Å². The number of nitrogens with one attached hydrogen (secondary N) is 1. The van der Waals surface area contributed by atoms with Crippen molar-refractivity contribution in [3.05, 3.63) is 32.6 Å². The van der Waals surface area contributed by atoms with Gasteiger partial charge in [-0.15, -0.1) is 0 Å². The minimum absolute atomic E-state index is 0.234. The van der Waals surface area contributed by atoms with Gasteiger partial charge in [-0.25, -0.2) is 4.79 Å². The van der Waals surface area contributed by atoms with Crippen molar-refractivity contribution in [2.45, 2.75) is 44.5 Å². The summed E-state index contributed by atoms with van der Waals surface area (Å²) in [5, 5.41) is 20.2. The van der Waals surface area contributed by atoms with E-state index in [2.05, 4.69) is 4.98 Å². The van der Waals surface area contributed by atoms with E-state index in [1.54, 1.807) is 20.8 Å². The summed E-state index contributed by atoms with van der Waals surface area (Å²) in [4.78, 5) is 25.6. The number of rotatable bonds is 3. The first-order valence-corrected chi connectivity index (χ1v) is 6.78. The average Bonchev–Trinajstić information content (AvgIpc) is 3.03. The topological polar surface area (TPSA) is 117 Å². The molecular formula is C13H18N2O6. The Kier molecular flexibility index (Phi) is 2.93. The van der Waals surface area contributed by atoms with Crippen LogP contribution in [0, 0.1) is 12.8 Å². The van der Waals surface area contributed by atoms with Gasteiger partial charge in [0, 0.05) is 11.8 Å². The van der Waals surface area contributed by atoms with Gasteiger partial charge in [-0.1, -0.05) is 13.8 Å². The third-order valence-corrected chi connectivity index (χ3v) is 4.42. The molecule has 0 bridgehead atoms. The molecular weight excluding hydrogens is 280 g/mol. The number of hydrogen-bond donors (Lipinski definition) is 3. The molecule has 8 nitrogen and oxygen atoms in total. The van der Waals surface area contributed by atoms with Crippen LogP contribution in [0.25, 0.3) is 0 Å². The zero-order chi connectivity index (χ0) is 15.6. The van der Waals surface area contributed by atoms with Gasteiger partial charge >= 0.3 is 5.69 Å². The van der Waals surface area contributed by atoms with E-state index in [0.29, 0.717) is 5.56 Å². The number of aromatic nitrogens is 2. The Morgan fingerprint density at radius 2 is 2.10 bits per heavy atom. The van der Waals surface area contributed by atoms with Crippen molar-refractivity contribution in [2.24, 2.45) is 5.92 Å². The van der Waals surface area contributed by atoms with Gasteiger partial charge in [-0.3, -0.25) is 14.3 Å². The molecule has 1 aromatic rings. The minimum atomic E-state index is -1.62. The predicted octanol–water partition coefficient (Wildman–Crippen LogP) is -1.15. The van der Waals surface area contributed by atoms with Crippen LogP contribution in [0.5, 0.6) is 0 Å². The van der Waals surface area contributed by atoms with E-state index in [1.165, 1.54) is 10.8 Å². The summed E-state index contributed by atoms with van der Waals surface area (Å²) < 4.78 is 12.3. The standard InChI is InChI=1S/C13H18N2O6/c1-6(2)12(5-16)13(19)8(20-13)10(21-12)15-4-7(3)9(17)14-11(15)18/h4,6,8,10,16,19H,5H2,1-3H3,(H,14,17,18)/t8-,10+,12-,13+/m0/s1. The van der Waals surface area contributed by atoms with Gasteiger partial charge in [0.1, 0.15) is 0 Å². The van der Waals surface area contributed by atoms with Gasteiger partial charge in [0.15, 0.2) is 17.9 Å². The molecule has 0 saturated carbocycles. The summed E-state index contributed by atoms with van der Waals surface area (Å²) in [5.41, 5.74) is -2.08. The lowest BCUT2D eigenvalue weighted by Crippen LogP contribution is -2.52. The number of aryl methyl sites for hydroxylation is 1. The van der Waals surface area contributed by atoms with E-state index in [1.807, 2.05) is 0 Å². The number of H-pyrrole nitrogens is 1. The highest BCUT2D eigenvalue weighted by molar-refractivity contribution is 5.18. The summed E-state index contributed by atoms with van der Waals surface area (Å²) in [7, 11) is 0. The molecule has 0 unspecified atom stereocenters. The molecule has 0 radical (unpaired) electrons. The Bertz CT molecular complexity index is 695. The van der Waals surface area contributed by atoms with Gasteiger partial charge in [0.25, 0.3) is 5.56 Å². The van der Waals surface area contributed by atoms with Crippen LogP contribution in [-0.4, -0.2) is 43.9 Å². The van der Waals surface area contributed by atoms with Crippen LogP contribution in [0.4, 0.5) is 0 Å². The van der Waals surface area contributed by atoms with Crippen molar-refractivity contribution in [3.63, 3.8) is 0 Å². The van der Waals surface area contributed by atoms with E-state index < -0.39 is 41.6 Å². The number of aromatic amines is 1. The smallest absolute Gasteiger partial charge is 0.330 e. The molecule has 2 fully saturated rings. The summed E-state index contributed by atoms with van der Waals surface area (Å²) in [6.07, 6.45) is -0.288. The lowest BCUT2D eigenvalue weighted by atomic mass is 9.85. The highest BCUT2D eigenvalue weighted by Gasteiger charge is 2.79. The second-order valence-electron chi connectivity index (χ2n) is 5.92. The van der Waals surface area contributed by atoms with Crippen molar-refractivity contribution in [1.29, 1.82) is 0 Å². The maximum Gasteiger partial charge on any atom is 0.330 e. The van der Waals surface area contributed by atoms with Crippen LogP contribution in [0.3, 0.4) is 0 Å². The maximum absolute atomic E-state index is 11.9. The lowest BCUT2D eigenvalue weighted by Gasteiger charge is -2.36. The third kappa shape index (κ3) is 1.70. The Hall–Kier alpha value is -1.48. The van der Waals surface area contributed by atoms with E-state index in [-0.39, 0.29) is 5.92 Å². The minimum Gasteiger partial charge on any atom is -0.393 e. The molecule has 1 aromatic heterocycles.